The molecule has 0 fully saturated rings. The lowest BCUT2D eigenvalue weighted by molar-refractivity contribution is -0.116. The number of halogens is 1. The van der Waals surface area contributed by atoms with Gasteiger partial charge in [0.15, 0.2) is 0 Å². The number of hydrogen-bond donors (Lipinski definition) is 1. The fourth-order valence-corrected chi connectivity index (χ4v) is 3.84. The second kappa shape index (κ2) is 9.86. The third kappa shape index (κ3) is 4.98. The van der Waals surface area contributed by atoms with E-state index in [1.54, 1.807) is 19.1 Å². The zero-order valence-corrected chi connectivity index (χ0v) is 19.0. The van der Waals surface area contributed by atoms with Gasteiger partial charge in [0.2, 0.25) is 5.91 Å². The second-order valence-corrected chi connectivity index (χ2v) is 8.04. The summed E-state index contributed by atoms with van der Waals surface area (Å²) in [6.45, 7) is 4.08. The second-order valence-electron chi connectivity index (χ2n) is 8.04. The van der Waals surface area contributed by atoms with Gasteiger partial charge in [-0.2, -0.15) is 0 Å². The van der Waals surface area contributed by atoms with E-state index in [0.29, 0.717) is 35.5 Å². The van der Waals surface area contributed by atoms with Gasteiger partial charge in [0.05, 0.1) is 18.8 Å². The first-order valence-corrected chi connectivity index (χ1v) is 11.0. The molecule has 1 aliphatic rings. The quantitative estimate of drug-likeness (QED) is 0.624. The van der Waals surface area contributed by atoms with Crippen LogP contribution in [0.15, 0.2) is 53.3 Å². The Morgan fingerprint density at radius 2 is 1.82 bits per heavy atom. The third-order valence-electron chi connectivity index (χ3n) is 5.59. The van der Waals surface area contributed by atoms with E-state index in [2.05, 4.69) is 10.3 Å². The lowest BCUT2D eigenvalue weighted by atomic mass is 10.1. The summed E-state index contributed by atoms with van der Waals surface area (Å²) in [4.78, 5) is 44.6. The molecule has 0 bridgehead atoms. The van der Waals surface area contributed by atoms with Crippen molar-refractivity contribution >= 4 is 17.7 Å². The number of carbonyl (C=O) groups excluding carboxylic acids is 2. The van der Waals surface area contributed by atoms with Crippen LogP contribution in [0.4, 0.5) is 14.9 Å². The average molecular weight is 464 g/mol. The number of carbonyl (C=O) groups is 2. The van der Waals surface area contributed by atoms with Crippen LogP contribution in [0.25, 0.3) is 11.4 Å². The van der Waals surface area contributed by atoms with E-state index >= 15 is 0 Å². The maximum Gasteiger partial charge on any atom is 0.410 e. The Labute approximate surface area is 196 Å². The molecule has 0 spiro atoms. The van der Waals surface area contributed by atoms with Crippen LogP contribution in [-0.4, -0.2) is 39.6 Å². The number of aromatic nitrogens is 2. The van der Waals surface area contributed by atoms with Crippen LogP contribution < -0.4 is 10.9 Å². The van der Waals surface area contributed by atoms with E-state index < -0.39 is 11.9 Å². The SMILES string of the molecule is CCOC(=O)N1CCc2c(nc(-c3ccc(F)cc3)n(CC(=O)Nc3ccc(C)cc3)c2=O)C1. The monoisotopic (exact) mass is 464 g/mol. The molecule has 34 heavy (non-hydrogen) atoms. The first-order chi connectivity index (χ1) is 16.4. The molecule has 0 radical (unpaired) electrons. The van der Waals surface area contributed by atoms with Crippen molar-refractivity contribution < 1.29 is 18.7 Å². The van der Waals surface area contributed by atoms with Crippen LogP contribution in [0.1, 0.15) is 23.7 Å². The maximum absolute atomic E-state index is 13.5. The minimum absolute atomic E-state index is 0.119. The largest absolute Gasteiger partial charge is 0.450 e. The number of ether oxygens (including phenoxy) is 1. The Morgan fingerprint density at radius 3 is 2.50 bits per heavy atom. The van der Waals surface area contributed by atoms with Gasteiger partial charge >= 0.3 is 6.09 Å². The highest BCUT2D eigenvalue weighted by Gasteiger charge is 2.27. The third-order valence-corrected chi connectivity index (χ3v) is 5.59. The van der Waals surface area contributed by atoms with E-state index in [1.807, 2.05) is 19.1 Å². The number of fused-ring (bicyclic) bond motifs is 1. The smallest absolute Gasteiger partial charge is 0.410 e. The summed E-state index contributed by atoms with van der Waals surface area (Å²) in [7, 11) is 0. The zero-order chi connectivity index (χ0) is 24.2. The maximum atomic E-state index is 13.5. The number of anilines is 1. The molecule has 176 valence electrons. The minimum Gasteiger partial charge on any atom is -0.450 e. The molecule has 0 atom stereocenters. The van der Waals surface area contributed by atoms with Gasteiger partial charge in [0.25, 0.3) is 5.56 Å². The summed E-state index contributed by atoms with van der Waals surface area (Å²) >= 11 is 0. The van der Waals surface area contributed by atoms with Crippen LogP contribution in [0, 0.1) is 12.7 Å². The molecule has 0 saturated carbocycles. The molecule has 1 aromatic heterocycles. The highest BCUT2D eigenvalue weighted by Crippen LogP contribution is 2.22. The van der Waals surface area contributed by atoms with Crippen molar-refractivity contribution in [3.8, 4) is 11.4 Å². The van der Waals surface area contributed by atoms with Crippen molar-refractivity contribution in [2.24, 2.45) is 0 Å². The lowest BCUT2D eigenvalue weighted by Gasteiger charge is -2.28. The molecule has 0 aliphatic carbocycles. The van der Waals surface area contributed by atoms with E-state index in [9.17, 15) is 18.8 Å². The molecule has 0 saturated heterocycles. The zero-order valence-electron chi connectivity index (χ0n) is 19.0. The van der Waals surface area contributed by atoms with Gasteiger partial charge in [0, 0.05) is 23.4 Å². The summed E-state index contributed by atoms with van der Waals surface area (Å²) in [5.41, 5.74) is 2.70. The normalized spacial score (nSPS) is 12.7. The van der Waals surface area contributed by atoms with E-state index in [0.717, 1.165) is 5.56 Å². The molecular weight excluding hydrogens is 439 g/mol. The van der Waals surface area contributed by atoms with Crippen molar-refractivity contribution in [2.75, 3.05) is 18.5 Å². The summed E-state index contributed by atoms with van der Waals surface area (Å²) in [5, 5.41) is 2.79. The Morgan fingerprint density at radius 1 is 1.12 bits per heavy atom. The van der Waals surface area contributed by atoms with Crippen molar-refractivity contribution in [1.29, 1.82) is 0 Å². The van der Waals surface area contributed by atoms with Gasteiger partial charge < -0.3 is 15.0 Å². The molecule has 1 N–H and O–H groups in total. The van der Waals surface area contributed by atoms with E-state index in [-0.39, 0.29) is 37.0 Å². The summed E-state index contributed by atoms with van der Waals surface area (Å²) in [5.74, 6) is -0.588. The first kappa shape index (κ1) is 23.2. The predicted molar refractivity (Wildman–Crippen MR) is 125 cm³/mol. The molecule has 1 aliphatic heterocycles. The number of rotatable bonds is 5. The summed E-state index contributed by atoms with van der Waals surface area (Å²) in [6, 6.07) is 12.9. The molecule has 2 amide bonds. The number of aryl methyl sites for hydroxylation is 1. The molecule has 4 rings (SSSR count). The van der Waals surface area contributed by atoms with Crippen LogP contribution in [0.5, 0.6) is 0 Å². The molecule has 2 aromatic carbocycles. The van der Waals surface area contributed by atoms with Gasteiger partial charge in [-0.15, -0.1) is 0 Å². The van der Waals surface area contributed by atoms with Gasteiger partial charge in [-0.05, 0) is 56.7 Å². The summed E-state index contributed by atoms with van der Waals surface area (Å²) < 4.78 is 19.9. The molecule has 3 aromatic rings. The van der Waals surface area contributed by atoms with Crippen molar-refractivity contribution in [3.05, 3.63) is 81.5 Å². The summed E-state index contributed by atoms with van der Waals surface area (Å²) in [6.07, 6.45) is -0.177. The van der Waals surface area contributed by atoms with Gasteiger partial charge in [0.1, 0.15) is 18.2 Å². The minimum atomic E-state index is -0.472. The van der Waals surface area contributed by atoms with Crippen LogP contribution in [0.2, 0.25) is 0 Å². The molecule has 0 unspecified atom stereocenters. The van der Waals surface area contributed by atoms with Crippen molar-refractivity contribution in [1.82, 2.24) is 14.5 Å². The first-order valence-electron chi connectivity index (χ1n) is 11.0. The predicted octanol–water partition coefficient (Wildman–Crippen LogP) is 3.51. The topological polar surface area (TPSA) is 93.5 Å². The number of nitrogens with zero attached hydrogens (tertiary/aromatic N) is 3. The standard InChI is InChI=1S/C25H25FN4O4/c1-3-34-25(33)29-13-12-20-21(14-29)28-23(17-6-8-18(26)9-7-17)30(24(20)32)15-22(31)27-19-10-4-16(2)5-11-19/h4-11H,3,12-15H2,1-2H3,(H,27,31). The molecule has 2 heterocycles. The van der Waals surface area contributed by atoms with Gasteiger partial charge in [-0.1, -0.05) is 17.7 Å². The van der Waals surface area contributed by atoms with Crippen LogP contribution >= 0.6 is 0 Å². The number of hydrogen-bond acceptors (Lipinski definition) is 5. The van der Waals surface area contributed by atoms with Crippen molar-refractivity contribution in [3.63, 3.8) is 0 Å². The Balaban J connectivity index is 1.71. The molecule has 9 heteroatoms. The lowest BCUT2D eigenvalue weighted by Crippen LogP contribution is -2.42. The fraction of sp³-hybridized carbons (Fsp3) is 0.280. The number of nitrogens with one attached hydrogen (secondary N) is 1. The Kier molecular flexibility index (Phi) is 6.72. The van der Waals surface area contributed by atoms with E-state index in [4.69, 9.17) is 4.74 Å². The van der Waals surface area contributed by atoms with E-state index in [1.165, 1.54) is 33.7 Å². The van der Waals surface area contributed by atoms with Crippen molar-refractivity contribution in [2.45, 2.75) is 33.4 Å². The van der Waals surface area contributed by atoms with Gasteiger partial charge in [-0.3, -0.25) is 14.2 Å². The number of benzene rings is 2. The van der Waals surface area contributed by atoms with Gasteiger partial charge in [-0.25, -0.2) is 14.2 Å². The Bertz CT molecular complexity index is 1270. The average Bonchev–Trinajstić information content (AvgIpc) is 2.82. The highest BCUT2D eigenvalue weighted by atomic mass is 19.1. The van der Waals surface area contributed by atoms with Crippen LogP contribution in [0.3, 0.4) is 0 Å². The molecular formula is C25H25FN4O4. The number of amides is 2. The van der Waals surface area contributed by atoms with Crippen LogP contribution in [-0.2, 0) is 29.0 Å². The Hall–Kier alpha value is -4.01. The fourth-order valence-electron chi connectivity index (χ4n) is 3.84. The molecule has 8 nitrogen and oxygen atoms in total. The highest BCUT2D eigenvalue weighted by molar-refractivity contribution is 5.90.